The first-order valence-corrected chi connectivity index (χ1v) is 12.5. The van der Waals surface area contributed by atoms with Crippen LogP contribution in [0.3, 0.4) is 0 Å². The Balaban J connectivity index is 1.68. The van der Waals surface area contributed by atoms with Crippen LogP contribution < -0.4 is 20.3 Å². The van der Waals surface area contributed by atoms with Crippen molar-refractivity contribution in [1.29, 1.82) is 0 Å². The Morgan fingerprint density at radius 2 is 1.77 bits per heavy atom. The van der Waals surface area contributed by atoms with Crippen molar-refractivity contribution in [2.45, 2.75) is 37.5 Å². The Morgan fingerprint density at radius 3 is 2.52 bits per heavy atom. The maximum atomic E-state index is 13.3. The van der Waals surface area contributed by atoms with E-state index in [1.165, 1.54) is 5.56 Å². The van der Waals surface area contributed by atoms with Gasteiger partial charge in [0.1, 0.15) is 0 Å². The molecule has 2 aromatic rings. The molecule has 1 aliphatic heterocycles. The molecule has 0 atom stereocenters. The van der Waals surface area contributed by atoms with Gasteiger partial charge < -0.3 is 15.5 Å². The minimum absolute atomic E-state index is 0.219. The monoisotopic (exact) mass is 442 g/mol. The normalized spacial score (nSPS) is 16.5. The summed E-state index contributed by atoms with van der Waals surface area (Å²) in [4.78, 5) is 14.8. The van der Waals surface area contributed by atoms with Gasteiger partial charge in [0, 0.05) is 38.3 Å². The number of benzene rings is 2. The molecule has 1 heterocycles. The number of nitrogens with zero attached hydrogens (tertiary/aromatic N) is 1. The Hall–Kier alpha value is -2.58. The highest BCUT2D eigenvalue weighted by molar-refractivity contribution is 7.92. The first kappa shape index (κ1) is 21.6. The molecular weight excluding hydrogens is 412 g/mol. The summed E-state index contributed by atoms with van der Waals surface area (Å²) in [6.07, 6.45) is 4.16. The molecular formula is C23H30N4O3S. The van der Waals surface area contributed by atoms with Crippen LogP contribution in [0.2, 0.25) is 0 Å². The van der Waals surface area contributed by atoms with Crippen molar-refractivity contribution in [1.82, 2.24) is 10.6 Å². The lowest BCUT2D eigenvalue weighted by atomic mass is 9.92. The topological polar surface area (TPSA) is 90.5 Å². The van der Waals surface area contributed by atoms with E-state index in [9.17, 15) is 13.2 Å². The molecule has 0 aromatic heterocycles. The summed E-state index contributed by atoms with van der Waals surface area (Å²) < 4.78 is 29.3. The van der Waals surface area contributed by atoms with Gasteiger partial charge in [0.2, 0.25) is 0 Å². The molecule has 0 radical (unpaired) electrons. The number of hydrogen-bond donors (Lipinski definition) is 3. The summed E-state index contributed by atoms with van der Waals surface area (Å²) >= 11 is 0. The highest BCUT2D eigenvalue weighted by atomic mass is 32.2. The number of rotatable bonds is 6. The molecule has 0 spiro atoms. The largest absolute Gasteiger partial charge is 0.367 e. The van der Waals surface area contributed by atoms with E-state index in [-0.39, 0.29) is 10.8 Å². The maximum Gasteiger partial charge on any atom is 0.261 e. The fourth-order valence-corrected chi connectivity index (χ4v) is 5.40. The zero-order chi connectivity index (χ0) is 21.8. The van der Waals surface area contributed by atoms with Gasteiger partial charge in [-0.3, -0.25) is 9.52 Å². The third-order valence-corrected chi connectivity index (χ3v) is 7.29. The van der Waals surface area contributed by atoms with E-state index in [0.717, 1.165) is 63.1 Å². The van der Waals surface area contributed by atoms with Crippen LogP contribution in [-0.2, 0) is 22.9 Å². The van der Waals surface area contributed by atoms with Crippen LogP contribution >= 0.6 is 0 Å². The van der Waals surface area contributed by atoms with Crippen LogP contribution in [0.1, 0.15) is 41.3 Å². The number of carbonyl (C=O) groups is 1. The van der Waals surface area contributed by atoms with Crippen molar-refractivity contribution in [2.24, 2.45) is 0 Å². The summed E-state index contributed by atoms with van der Waals surface area (Å²) in [6, 6.07) is 10.6. The molecule has 0 bridgehead atoms. The van der Waals surface area contributed by atoms with Crippen LogP contribution in [0.15, 0.2) is 41.3 Å². The summed E-state index contributed by atoms with van der Waals surface area (Å²) in [5, 5.41) is 6.09. The van der Waals surface area contributed by atoms with E-state index < -0.39 is 10.0 Å². The van der Waals surface area contributed by atoms with Crippen molar-refractivity contribution < 1.29 is 13.2 Å². The van der Waals surface area contributed by atoms with Crippen LogP contribution in [0.4, 0.5) is 11.4 Å². The van der Waals surface area contributed by atoms with Gasteiger partial charge in [-0.25, -0.2) is 8.42 Å². The molecule has 7 nitrogen and oxygen atoms in total. The third kappa shape index (κ3) is 4.85. The molecule has 3 N–H and O–H groups in total. The van der Waals surface area contributed by atoms with Gasteiger partial charge in [0.05, 0.1) is 16.3 Å². The van der Waals surface area contributed by atoms with E-state index >= 15 is 0 Å². The molecule has 166 valence electrons. The second kappa shape index (κ2) is 9.28. The van der Waals surface area contributed by atoms with Crippen molar-refractivity contribution in [3.63, 3.8) is 0 Å². The summed E-state index contributed by atoms with van der Waals surface area (Å²) in [6.45, 7) is 5.56. The lowest BCUT2D eigenvalue weighted by Gasteiger charge is -2.31. The third-order valence-electron chi connectivity index (χ3n) is 5.93. The SMILES string of the molecule is CCNC(=O)c1ccc(N2CCNCC2)c(NS(=O)(=O)c2ccc3c(c2)CCCC3)c1. The standard InChI is InChI=1S/C23H30N4O3S/c1-2-25-23(28)19-8-10-22(27-13-11-24-12-14-27)21(16-19)26-31(29,30)20-9-7-17-5-3-4-6-18(17)15-20/h7-10,15-16,24,26H,2-6,11-14H2,1H3,(H,25,28). The number of amides is 1. The number of anilines is 2. The van der Waals surface area contributed by atoms with Crippen molar-refractivity contribution >= 4 is 27.3 Å². The fourth-order valence-electron chi connectivity index (χ4n) is 4.28. The lowest BCUT2D eigenvalue weighted by molar-refractivity contribution is 0.0956. The highest BCUT2D eigenvalue weighted by Gasteiger charge is 2.22. The predicted octanol–water partition coefficient (Wildman–Crippen LogP) is 2.53. The predicted molar refractivity (Wildman–Crippen MR) is 123 cm³/mol. The van der Waals surface area contributed by atoms with Gasteiger partial charge in [-0.1, -0.05) is 6.07 Å². The zero-order valence-electron chi connectivity index (χ0n) is 17.9. The van der Waals surface area contributed by atoms with Crippen LogP contribution in [0.25, 0.3) is 0 Å². The number of carbonyl (C=O) groups excluding carboxylic acids is 1. The number of piperazine rings is 1. The summed E-state index contributed by atoms with van der Waals surface area (Å²) in [5.41, 5.74) is 4.01. The number of hydrogen-bond acceptors (Lipinski definition) is 5. The molecule has 0 saturated carbocycles. The van der Waals surface area contributed by atoms with Crippen LogP contribution in [-0.4, -0.2) is 47.0 Å². The molecule has 31 heavy (non-hydrogen) atoms. The molecule has 0 unspecified atom stereocenters. The average molecular weight is 443 g/mol. The van der Waals surface area contributed by atoms with Gasteiger partial charge in [-0.2, -0.15) is 0 Å². The Kier molecular flexibility index (Phi) is 6.48. The average Bonchev–Trinajstić information content (AvgIpc) is 2.79. The smallest absolute Gasteiger partial charge is 0.261 e. The lowest BCUT2D eigenvalue weighted by Crippen LogP contribution is -2.43. The quantitative estimate of drug-likeness (QED) is 0.640. The van der Waals surface area contributed by atoms with E-state index in [1.807, 2.05) is 19.1 Å². The molecule has 2 aromatic carbocycles. The van der Waals surface area contributed by atoms with Gasteiger partial charge in [-0.15, -0.1) is 0 Å². The first-order chi connectivity index (χ1) is 15.0. The second-order valence-corrected chi connectivity index (χ2v) is 9.75. The minimum atomic E-state index is -3.79. The van der Waals surface area contributed by atoms with E-state index in [2.05, 4.69) is 20.3 Å². The van der Waals surface area contributed by atoms with Crippen molar-refractivity contribution in [3.05, 3.63) is 53.1 Å². The Bertz CT molecular complexity index is 1060. The van der Waals surface area contributed by atoms with Crippen molar-refractivity contribution in [3.8, 4) is 0 Å². The minimum Gasteiger partial charge on any atom is -0.367 e. The Morgan fingerprint density at radius 1 is 1.03 bits per heavy atom. The second-order valence-electron chi connectivity index (χ2n) is 8.07. The van der Waals surface area contributed by atoms with Crippen molar-refractivity contribution in [2.75, 3.05) is 42.3 Å². The van der Waals surface area contributed by atoms with E-state index in [0.29, 0.717) is 17.8 Å². The van der Waals surface area contributed by atoms with Crippen LogP contribution in [0, 0.1) is 0 Å². The number of nitrogens with one attached hydrogen (secondary N) is 3. The fraction of sp³-hybridized carbons (Fsp3) is 0.435. The van der Waals surface area contributed by atoms with Gasteiger partial charge in [-0.05, 0) is 74.1 Å². The molecule has 2 aliphatic rings. The van der Waals surface area contributed by atoms with Gasteiger partial charge >= 0.3 is 0 Å². The maximum absolute atomic E-state index is 13.3. The molecule has 1 saturated heterocycles. The molecule has 1 fully saturated rings. The zero-order valence-corrected chi connectivity index (χ0v) is 18.7. The number of aryl methyl sites for hydroxylation is 2. The summed E-state index contributed by atoms with van der Waals surface area (Å²) in [5.74, 6) is -0.219. The molecule has 8 heteroatoms. The van der Waals surface area contributed by atoms with Crippen LogP contribution in [0.5, 0.6) is 0 Å². The van der Waals surface area contributed by atoms with E-state index in [1.54, 1.807) is 24.3 Å². The Labute approximate surface area is 184 Å². The summed E-state index contributed by atoms with van der Waals surface area (Å²) in [7, 11) is -3.79. The highest BCUT2D eigenvalue weighted by Crippen LogP contribution is 2.31. The number of sulfonamides is 1. The van der Waals surface area contributed by atoms with E-state index in [4.69, 9.17) is 0 Å². The molecule has 1 amide bonds. The molecule has 4 rings (SSSR count). The molecule has 1 aliphatic carbocycles. The number of fused-ring (bicyclic) bond motifs is 1. The van der Waals surface area contributed by atoms with Gasteiger partial charge in [0.15, 0.2) is 0 Å². The van der Waals surface area contributed by atoms with Gasteiger partial charge in [0.25, 0.3) is 15.9 Å². The first-order valence-electron chi connectivity index (χ1n) is 11.0.